The number of aromatic carboxylic acids is 1. The summed E-state index contributed by atoms with van der Waals surface area (Å²) in [6, 6.07) is 3.61. The Morgan fingerprint density at radius 2 is 2.21 bits per heavy atom. The molecule has 0 aliphatic carbocycles. The van der Waals surface area contributed by atoms with E-state index in [2.05, 4.69) is 20.1 Å². The lowest BCUT2D eigenvalue weighted by atomic mass is 10.2. The number of aryl methyl sites for hydroxylation is 1. The molecule has 0 saturated heterocycles. The van der Waals surface area contributed by atoms with E-state index < -0.39 is 5.97 Å². The molecule has 0 amide bonds. The topological polar surface area (TPSA) is 93.3 Å². The minimum atomic E-state index is -1.04. The summed E-state index contributed by atoms with van der Waals surface area (Å²) in [5, 5.41) is 13.3. The van der Waals surface area contributed by atoms with E-state index in [1.54, 1.807) is 25.4 Å². The van der Waals surface area contributed by atoms with E-state index >= 15 is 0 Å². The van der Waals surface area contributed by atoms with Crippen LogP contribution in [0.1, 0.15) is 16.1 Å². The molecular formula is C12H9N5O2. The maximum absolute atomic E-state index is 11.0. The van der Waals surface area contributed by atoms with Crippen molar-refractivity contribution in [2.24, 2.45) is 0 Å². The highest BCUT2D eigenvalue weighted by Crippen LogP contribution is 2.15. The molecular weight excluding hydrogens is 246 g/mol. The number of fused-ring (bicyclic) bond motifs is 1. The van der Waals surface area contributed by atoms with Crippen LogP contribution in [0, 0.1) is 6.92 Å². The van der Waals surface area contributed by atoms with E-state index in [-0.39, 0.29) is 5.56 Å². The number of hydrogen-bond acceptors (Lipinski definition) is 5. The lowest BCUT2D eigenvalue weighted by Crippen LogP contribution is -2.07. The summed E-state index contributed by atoms with van der Waals surface area (Å²) in [5.74, 6) is -0.210. The monoisotopic (exact) mass is 255 g/mol. The van der Waals surface area contributed by atoms with Gasteiger partial charge in [-0.15, -0.1) is 5.10 Å². The summed E-state index contributed by atoms with van der Waals surface area (Å²) in [6.07, 6.45) is 4.59. The van der Waals surface area contributed by atoms with Crippen molar-refractivity contribution in [2.45, 2.75) is 6.92 Å². The fraction of sp³-hybridized carbons (Fsp3) is 0.0833. The normalized spacial score (nSPS) is 10.8. The van der Waals surface area contributed by atoms with Crippen LogP contribution in [-0.2, 0) is 0 Å². The van der Waals surface area contributed by atoms with Crippen LogP contribution in [0.3, 0.4) is 0 Å². The number of carboxylic acid groups (broad SMARTS) is 1. The van der Waals surface area contributed by atoms with E-state index in [9.17, 15) is 4.79 Å². The standard InChI is InChI=1S/C12H9N5O2/c1-7-9(11(18)19)6-14-12-15-10(16-17(7)12)8-3-2-4-13-5-8/h2-6H,1H3,(H,18,19). The molecule has 3 heterocycles. The molecule has 0 aliphatic rings. The van der Waals surface area contributed by atoms with E-state index in [1.807, 2.05) is 6.07 Å². The highest BCUT2D eigenvalue weighted by molar-refractivity contribution is 5.88. The van der Waals surface area contributed by atoms with Gasteiger partial charge in [0, 0.05) is 24.2 Å². The summed E-state index contributed by atoms with van der Waals surface area (Å²) in [6.45, 7) is 1.67. The molecule has 0 atom stereocenters. The number of pyridine rings is 1. The molecule has 7 heteroatoms. The van der Waals surface area contributed by atoms with Gasteiger partial charge < -0.3 is 5.11 Å². The first-order valence-electron chi connectivity index (χ1n) is 5.53. The van der Waals surface area contributed by atoms with Crippen molar-refractivity contribution in [3.8, 4) is 11.4 Å². The first kappa shape index (κ1) is 11.3. The number of carboxylic acids is 1. The van der Waals surface area contributed by atoms with Gasteiger partial charge >= 0.3 is 5.97 Å². The van der Waals surface area contributed by atoms with Crippen LogP contribution < -0.4 is 0 Å². The van der Waals surface area contributed by atoms with Crippen LogP contribution in [0.15, 0.2) is 30.7 Å². The Bertz CT molecular complexity index is 766. The highest BCUT2D eigenvalue weighted by Gasteiger charge is 2.14. The number of nitrogens with zero attached hydrogens (tertiary/aromatic N) is 5. The summed E-state index contributed by atoms with van der Waals surface area (Å²) in [7, 11) is 0. The summed E-state index contributed by atoms with van der Waals surface area (Å²) >= 11 is 0. The summed E-state index contributed by atoms with van der Waals surface area (Å²) in [4.78, 5) is 23.3. The zero-order valence-electron chi connectivity index (χ0n) is 9.98. The second kappa shape index (κ2) is 4.13. The Morgan fingerprint density at radius 3 is 2.89 bits per heavy atom. The van der Waals surface area contributed by atoms with Crippen molar-refractivity contribution in [1.29, 1.82) is 0 Å². The van der Waals surface area contributed by atoms with E-state index in [0.717, 1.165) is 5.56 Å². The molecule has 94 valence electrons. The fourth-order valence-electron chi connectivity index (χ4n) is 1.77. The van der Waals surface area contributed by atoms with Crippen molar-refractivity contribution >= 4 is 11.7 Å². The Hall–Kier alpha value is -2.83. The second-order valence-corrected chi connectivity index (χ2v) is 3.95. The van der Waals surface area contributed by atoms with Gasteiger partial charge in [0.15, 0.2) is 5.82 Å². The molecule has 7 nitrogen and oxygen atoms in total. The molecule has 0 aliphatic heterocycles. The molecule has 0 fully saturated rings. The highest BCUT2D eigenvalue weighted by atomic mass is 16.4. The molecule has 19 heavy (non-hydrogen) atoms. The smallest absolute Gasteiger partial charge is 0.339 e. The molecule has 3 aromatic rings. The van der Waals surface area contributed by atoms with Crippen LogP contribution in [0.4, 0.5) is 0 Å². The van der Waals surface area contributed by atoms with Crippen LogP contribution >= 0.6 is 0 Å². The maximum Gasteiger partial charge on any atom is 0.339 e. The molecule has 1 N–H and O–H groups in total. The number of aromatic nitrogens is 5. The third kappa shape index (κ3) is 1.81. The van der Waals surface area contributed by atoms with Gasteiger partial charge in [-0.2, -0.15) is 4.98 Å². The average Bonchev–Trinajstić information content (AvgIpc) is 2.85. The Balaban J connectivity index is 2.22. The molecule has 3 aromatic heterocycles. The van der Waals surface area contributed by atoms with Gasteiger partial charge in [-0.3, -0.25) is 4.98 Å². The number of carbonyl (C=O) groups is 1. The van der Waals surface area contributed by atoms with Gasteiger partial charge in [-0.1, -0.05) is 0 Å². The second-order valence-electron chi connectivity index (χ2n) is 3.95. The van der Waals surface area contributed by atoms with Gasteiger partial charge in [-0.25, -0.2) is 14.3 Å². The van der Waals surface area contributed by atoms with Gasteiger partial charge in [0.1, 0.15) is 0 Å². The quantitative estimate of drug-likeness (QED) is 0.739. The fourth-order valence-corrected chi connectivity index (χ4v) is 1.77. The van der Waals surface area contributed by atoms with Crippen LogP contribution in [0.2, 0.25) is 0 Å². The molecule has 0 unspecified atom stereocenters. The summed E-state index contributed by atoms with van der Waals surface area (Å²) < 4.78 is 1.42. The number of hydrogen-bond donors (Lipinski definition) is 1. The van der Waals surface area contributed by atoms with Crippen molar-refractivity contribution in [2.75, 3.05) is 0 Å². The van der Waals surface area contributed by atoms with Gasteiger partial charge in [0.25, 0.3) is 5.78 Å². The third-order valence-corrected chi connectivity index (χ3v) is 2.76. The van der Waals surface area contributed by atoms with Crippen LogP contribution in [0.25, 0.3) is 17.2 Å². The zero-order valence-corrected chi connectivity index (χ0v) is 9.98. The van der Waals surface area contributed by atoms with Crippen LogP contribution in [-0.4, -0.2) is 35.6 Å². The first-order valence-corrected chi connectivity index (χ1v) is 5.53. The van der Waals surface area contributed by atoms with E-state index in [1.165, 1.54) is 10.7 Å². The van der Waals surface area contributed by atoms with E-state index in [4.69, 9.17) is 5.11 Å². The lowest BCUT2D eigenvalue weighted by Gasteiger charge is -2.00. The predicted octanol–water partition coefficient (Wildman–Crippen LogP) is 1.19. The SMILES string of the molecule is Cc1c(C(=O)O)cnc2nc(-c3cccnc3)nn12. The zero-order chi connectivity index (χ0) is 13.4. The van der Waals surface area contributed by atoms with Crippen molar-refractivity contribution in [1.82, 2.24) is 24.6 Å². The molecule has 0 radical (unpaired) electrons. The van der Waals surface area contributed by atoms with Crippen LogP contribution in [0.5, 0.6) is 0 Å². The molecule has 0 spiro atoms. The van der Waals surface area contributed by atoms with Crippen molar-refractivity contribution < 1.29 is 9.90 Å². The van der Waals surface area contributed by atoms with E-state index in [0.29, 0.717) is 17.3 Å². The number of rotatable bonds is 2. The average molecular weight is 255 g/mol. The lowest BCUT2D eigenvalue weighted by molar-refractivity contribution is 0.0695. The molecule has 0 saturated carbocycles. The largest absolute Gasteiger partial charge is 0.478 e. The Kier molecular flexibility index (Phi) is 2.45. The van der Waals surface area contributed by atoms with Gasteiger partial charge in [-0.05, 0) is 19.1 Å². The molecule has 0 aromatic carbocycles. The maximum atomic E-state index is 11.0. The van der Waals surface area contributed by atoms with Crippen molar-refractivity contribution in [3.05, 3.63) is 42.0 Å². The van der Waals surface area contributed by atoms with Gasteiger partial charge in [0.05, 0.1) is 11.3 Å². The Morgan fingerprint density at radius 1 is 1.37 bits per heavy atom. The van der Waals surface area contributed by atoms with Gasteiger partial charge in [0.2, 0.25) is 0 Å². The predicted molar refractivity (Wildman–Crippen MR) is 65.7 cm³/mol. The third-order valence-electron chi connectivity index (χ3n) is 2.76. The summed E-state index contributed by atoms with van der Waals surface area (Å²) in [5.41, 5.74) is 1.35. The molecule has 3 rings (SSSR count). The first-order chi connectivity index (χ1) is 9.16. The van der Waals surface area contributed by atoms with Crippen molar-refractivity contribution in [3.63, 3.8) is 0 Å². The minimum Gasteiger partial charge on any atom is -0.478 e. The Labute approximate surface area is 107 Å². The molecule has 0 bridgehead atoms. The minimum absolute atomic E-state index is 0.107.